The maximum atomic E-state index is 13.4. The topological polar surface area (TPSA) is 17.1 Å². The largest absolute Gasteiger partial charge is 0.294 e. The van der Waals surface area contributed by atoms with Crippen molar-refractivity contribution in [3.05, 3.63) is 35.6 Å². The average molecular weight is 236 g/mol. The Morgan fingerprint density at radius 1 is 1.24 bits per heavy atom. The molecule has 0 bridgehead atoms. The van der Waals surface area contributed by atoms with Gasteiger partial charge in [-0.25, -0.2) is 4.39 Å². The van der Waals surface area contributed by atoms with Crippen LogP contribution in [0.25, 0.3) is 0 Å². The minimum absolute atomic E-state index is 0.0698. The van der Waals surface area contributed by atoms with E-state index in [4.69, 9.17) is 0 Å². The van der Waals surface area contributed by atoms with Gasteiger partial charge >= 0.3 is 0 Å². The highest BCUT2D eigenvalue weighted by Crippen LogP contribution is 2.18. The number of rotatable bonds is 7. The van der Waals surface area contributed by atoms with E-state index in [0.717, 1.165) is 19.3 Å². The minimum atomic E-state index is -0.405. The number of benzene rings is 1. The second kappa shape index (κ2) is 7.21. The molecular weight excluding hydrogens is 215 g/mol. The van der Waals surface area contributed by atoms with E-state index in [-0.39, 0.29) is 17.3 Å². The Hall–Kier alpha value is -1.18. The second-order valence-corrected chi connectivity index (χ2v) is 4.59. The summed E-state index contributed by atoms with van der Waals surface area (Å²) in [6.45, 7) is 4.05. The predicted octanol–water partition coefficient (Wildman–Crippen LogP) is 4.61. The van der Waals surface area contributed by atoms with Gasteiger partial charge in [0.15, 0.2) is 5.78 Å². The highest BCUT2D eigenvalue weighted by atomic mass is 19.1. The first-order valence-electron chi connectivity index (χ1n) is 6.45. The lowest BCUT2D eigenvalue weighted by Crippen LogP contribution is -2.13. The minimum Gasteiger partial charge on any atom is -0.294 e. The SMILES string of the molecule is CCCCCCC(C)C(=O)c1ccccc1F. The molecule has 0 saturated heterocycles. The van der Waals surface area contributed by atoms with Crippen molar-refractivity contribution in [3.63, 3.8) is 0 Å². The molecule has 0 amide bonds. The summed E-state index contributed by atoms with van der Waals surface area (Å²) in [5.41, 5.74) is 0.232. The van der Waals surface area contributed by atoms with Crippen LogP contribution >= 0.6 is 0 Å². The van der Waals surface area contributed by atoms with Crippen molar-refractivity contribution in [1.29, 1.82) is 0 Å². The summed E-state index contributed by atoms with van der Waals surface area (Å²) >= 11 is 0. The first-order valence-corrected chi connectivity index (χ1v) is 6.45. The number of halogens is 1. The van der Waals surface area contributed by atoms with Crippen LogP contribution < -0.4 is 0 Å². The van der Waals surface area contributed by atoms with Crippen molar-refractivity contribution in [1.82, 2.24) is 0 Å². The Balaban J connectivity index is 2.49. The fraction of sp³-hybridized carbons (Fsp3) is 0.533. The summed E-state index contributed by atoms with van der Waals surface area (Å²) in [5.74, 6) is -0.554. The Morgan fingerprint density at radius 2 is 1.94 bits per heavy atom. The molecule has 0 aliphatic heterocycles. The van der Waals surface area contributed by atoms with E-state index in [1.54, 1.807) is 18.2 Å². The number of Topliss-reactive ketones (excluding diaryl/α,β-unsaturated/α-hetero) is 1. The van der Waals surface area contributed by atoms with Crippen LogP contribution in [0.5, 0.6) is 0 Å². The van der Waals surface area contributed by atoms with Crippen molar-refractivity contribution in [2.75, 3.05) is 0 Å². The highest BCUT2D eigenvalue weighted by Gasteiger charge is 2.17. The lowest BCUT2D eigenvalue weighted by Gasteiger charge is -2.10. The second-order valence-electron chi connectivity index (χ2n) is 4.59. The normalized spacial score (nSPS) is 12.4. The molecule has 0 aromatic heterocycles. The van der Waals surface area contributed by atoms with E-state index in [9.17, 15) is 9.18 Å². The molecule has 1 rings (SSSR count). The molecule has 0 aliphatic rings. The summed E-state index contributed by atoms with van der Waals surface area (Å²) in [6, 6.07) is 6.23. The van der Waals surface area contributed by atoms with Crippen LogP contribution in [0.3, 0.4) is 0 Å². The van der Waals surface area contributed by atoms with Crippen LogP contribution in [-0.4, -0.2) is 5.78 Å². The summed E-state index contributed by atoms with van der Waals surface area (Å²) < 4.78 is 13.4. The molecule has 0 N–H and O–H groups in total. The van der Waals surface area contributed by atoms with Crippen LogP contribution in [0.2, 0.25) is 0 Å². The van der Waals surface area contributed by atoms with Crippen molar-refractivity contribution in [2.24, 2.45) is 5.92 Å². The number of hydrogen-bond acceptors (Lipinski definition) is 1. The van der Waals surface area contributed by atoms with Crippen LogP contribution in [-0.2, 0) is 0 Å². The summed E-state index contributed by atoms with van der Waals surface area (Å²) in [6.07, 6.45) is 5.46. The molecule has 0 saturated carbocycles. The molecule has 94 valence electrons. The van der Waals surface area contributed by atoms with Gasteiger partial charge in [0.1, 0.15) is 5.82 Å². The van der Waals surface area contributed by atoms with Gasteiger partial charge in [0.05, 0.1) is 5.56 Å². The number of hydrogen-bond donors (Lipinski definition) is 0. The first-order chi connectivity index (χ1) is 8.16. The number of carbonyl (C=O) groups excluding carboxylic acids is 1. The monoisotopic (exact) mass is 236 g/mol. The molecule has 0 fully saturated rings. The summed E-state index contributed by atoms with van der Waals surface area (Å²) in [4.78, 5) is 12.0. The Morgan fingerprint density at radius 3 is 2.59 bits per heavy atom. The molecule has 0 spiro atoms. The van der Waals surface area contributed by atoms with Gasteiger partial charge in [-0.3, -0.25) is 4.79 Å². The fourth-order valence-electron chi connectivity index (χ4n) is 1.93. The molecule has 0 aliphatic carbocycles. The van der Waals surface area contributed by atoms with Crippen molar-refractivity contribution in [3.8, 4) is 0 Å². The Bertz CT molecular complexity index is 360. The lowest BCUT2D eigenvalue weighted by molar-refractivity contribution is 0.0918. The average Bonchev–Trinajstić information content (AvgIpc) is 2.34. The van der Waals surface area contributed by atoms with Crippen LogP contribution in [0.4, 0.5) is 4.39 Å². The third-order valence-electron chi connectivity index (χ3n) is 3.08. The molecule has 0 heterocycles. The molecular formula is C15H21FO. The third kappa shape index (κ3) is 4.29. The van der Waals surface area contributed by atoms with Crippen LogP contribution in [0, 0.1) is 11.7 Å². The van der Waals surface area contributed by atoms with Crippen molar-refractivity contribution < 1.29 is 9.18 Å². The zero-order chi connectivity index (χ0) is 12.7. The highest BCUT2D eigenvalue weighted by molar-refractivity contribution is 5.97. The zero-order valence-electron chi connectivity index (χ0n) is 10.7. The first kappa shape index (κ1) is 13.9. The fourth-order valence-corrected chi connectivity index (χ4v) is 1.93. The molecule has 1 nitrogen and oxygen atoms in total. The van der Waals surface area contributed by atoms with Gasteiger partial charge < -0.3 is 0 Å². The molecule has 1 atom stereocenters. The molecule has 1 aromatic rings. The maximum Gasteiger partial charge on any atom is 0.168 e. The smallest absolute Gasteiger partial charge is 0.168 e. The maximum absolute atomic E-state index is 13.4. The van der Waals surface area contributed by atoms with E-state index in [1.165, 1.54) is 18.9 Å². The number of ketones is 1. The van der Waals surface area contributed by atoms with E-state index >= 15 is 0 Å². The number of carbonyl (C=O) groups is 1. The molecule has 1 unspecified atom stereocenters. The van der Waals surface area contributed by atoms with Crippen LogP contribution in [0.15, 0.2) is 24.3 Å². The lowest BCUT2D eigenvalue weighted by atomic mass is 9.93. The Labute approximate surface area is 103 Å². The van der Waals surface area contributed by atoms with E-state index < -0.39 is 5.82 Å². The predicted molar refractivity (Wildman–Crippen MR) is 68.7 cm³/mol. The zero-order valence-corrected chi connectivity index (χ0v) is 10.7. The quantitative estimate of drug-likeness (QED) is 0.499. The number of unbranched alkanes of at least 4 members (excludes halogenated alkanes) is 3. The van der Waals surface area contributed by atoms with Crippen molar-refractivity contribution >= 4 is 5.78 Å². The Kier molecular flexibility index (Phi) is 5.88. The third-order valence-corrected chi connectivity index (χ3v) is 3.08. The molecule has 2 heteroatoms. The van der Waals surface area contributed by atoms with Gasteiger partial charge in [0.25, 0.3) is 0 Å². The van der Waals surface area contributed by atoms with E-state index in [1.807, 2.05) is 6.92 Å². The molecule has 1 aromatic carbocycles. The van der Waals surface area contributed by atoms with Crippen molar-refractivity contribution in [2.45, 2.75) is 46.0 Å². The standard InChI is InChI=1S/C15H21FO/c1-3-4-5-6-9-12(2)15(17)13-10-7-8-11-14(13)16/h7-8,10-12H,3-6,9H2,1-2H3. The molecule has 0 radical (unpaired) electrons. The van der Waals surface area contributed by atoms with Gasteiger partial charge in [-0.2, -0.15) is 0 Å². The van der Waals surface area contributed by atoms with Gasteiger partial charge in [0.2, 0.25) is 0 Å². The summed E-state index contributed by atoms with van der Waals surface area (Å²) in [5, 5.41) is 0. The van der Waals surface area contributed by atoms with E-state index in [2.05, 4.69) is 6.92 Å². The summed E-state index contributed by atoms with van der Waals surface area (Å²) in [7, 11) is 0. The van der Waals surface area contributed by atoms with Crippen LogP contribution in [0.1, 0.15) is 56.3 Å². The van der Waals surface area contributed by atoms with Gasteiger partial charge in [0, 0.05) is 5.92 Å². The molecule has 17 heavy (non-hydrogen) atoms. The van der Waals surface area contributed by atoms with Gasteiger partial charge in [-0.1, -0.05) is 51.7 Å². The van der Waals surface area contributed by atoms with Gasteiger partial charge in [-0.05, 0) is 18.6 Å². The van der Waals surface area contributed by atoms with E-state index in [0.29, 0.717) is 0 Å². The van der Waals surface area contributed by atoms with Gasteiger partial charge in [-0.15, -0.1) is 0 Å².